The maximum absolute atomic E-state index is 12.0. The van der Waals surface area contributed by atoms with Gasteiger partial charge in [0.1, 0.15) is 0 Å². The molecule has 2 N–H and O–H groups in total. The van der Waals surface area contributed by atoms with Gasteiger partial charge in [0.25, 0.3) is 5.56 Å². The predicted molar refractivity (Wildman–Crippen MR) is 79.7 cm³/mol. The molecule has 0 saturated heterocycles. The second-order valence-corrected chi connectivity index (χ2v) is 4.97. The highest BCUT2D eigenvalue weighted by Gasteiger charge is 2.09. The number of rotatable bonds is 2. The molecule has 0 fully saturated rings. The van der Waals surface area contributed by atoms with Crippen molar-refractivity contribution in [3.63, 3.8) is 0 Å². The average molecular weight is 268 g/mol. The Morgan fingerprint density at radius 2 is 2.05 bits per heavy atom. The Hall–Kier alpha value is -2.56. The predicted octanol–water partition coefficient (Wildman–Crippen LogP) is 1.67. The Kier molecular flexibility index (Phi) is 2.82. The number of hydrogen-bond acceptors (Lipinski definition) is 3. The van der Waals surface area contributed by atoms with Crippen LogP contribution in [-0.4, -0.2) is 14.3 Å². The van der Waals surface area contributed by atoms with E-state index in [1.807, 2.05) is 42.9 Å². The normalized spacial score (nSPS) is 11.1. The molecule has 0 bridgehead atoms. The van der Waals surface area contributed by atoms with Gasteiger partial charge < -0.3 is 10.3 Å². The zero-order valence-corrected chi connectivity index (χ0v) is 11.5. The largest absolute Gasteiger partial charge is 0.397 e. The third-order valence-electron chi connectivity index (χ3n) is 3.53. The first-order valence-corrected chi connectivity index (χ1v) is 6.43. The standard InChI is InChI=1S/C15H16N4O/c1-10-7-15(20)19(8-12(10)16)9-13-11-5-3-4-6-14(11)18(2)17-13/h3-8H,9,16H2,1-2H3. The van der Waals surface area contributed by atoms with Crippen LogP contribution in [0.5, 0.6) is 0 Å². The van der Waals surface area contributed by atoms with Gasteiger partial charge in [0.2, 0.25) is 0 Å². The number of pyridine rings is 1. The Morgan fingerprint density at radius 3 is 2.85 bits per heavy atom. The lowest BCUT2D eigenvalue weighted by molar-refractivity contribution is 0.701. The van der Waals surface area contributed by atoms with E-state index in [1.165, 1.54) is 0 Å². The second-order valence-electron chi connectivity index (χ2n) is 4.97. The first-order valence-electron chi connectivity index (χ1n) is 6.43. The molecule has 0 aliphatic carbocycles. The van der Waals surface area contributed by atoms with Crippen molar-refractivity contribution in [3.8, 4) is 0 Å². The summed E-state index contributed by atoms with van der Waals surface area (Å²) < 4.78 is 3.42. The lowest BCUT2D eigenvalue weighted by Crippen LogP contribution is -2.21. The fourth-order valence-electron chi connectivity index (χ4n) is 2.38. The maximum Gasteiger partial charge on any atom is 0.251 e. The molecule has 1 aromatic carbocycles. The summed E-state index contributed by atoms with van der Waals surface area (Å²) >= 11 is 0. The first kappa shape index (κ1) is 12.5. The molecule has 0 unspecified atom stereocenters. The van der Waals surface area contributed by atoms with E-state index in [4.69, 9.17) is 5.73 Å². The van der Waals surface area contributed by atoms with Gasteiger partial charge in [0.15, 0.2) is 0 Å². The van der Waals surface area contributed by atoms with Gasteiger partial charge in [-0.15, -0.1) is 0 Å². The number of benzene rings is 1. The number of nitrogen functional groups attached to an aromatic ring is 1. The number of para-hydroxylation sites is 1. The van der Waals surface area contributed by atoms with Gasteiger partial charge in [0, 0.05) is 24.7 Å². The van der Waals surface area contributed by atoms with Crippen molar-refractivity contribution in [2.45, 2.75) is 13.5 Å². The molecule has 102 valence electrons. The van der Waals surface area contributed by atoms with Crippen molar-refractivity contribution in [1.29, 1.82) is 0 Å². The molecule has 0 atom stereocenters. The maximum atomic E-state index is 12.0. The van der Waals surface area contributed by atoms with Gasteiger partial charge in [-0.2, -0.15) is 5.10 Å². The molecule has 3 rings (SSSR count). The number of fused-ring (bicyclic) bond motifs is 1. The molecule has 2 aromatic heterocycles. The quantitative estimate of drug-likeness (QED) is 0.769. The lowest BCUT2D eigenvalue weighted by atomic mass is 10.2. The van der Waals surface area contributed by atoms with Crippen LogP contribution in [-0.2, 0) is 13.6 Å². The smallest absolute Gasteiger partial charge is 0.251 e. The van der Waals surface area contributed by atoms with E-state index in [0.29, 0.717) is 12.2 Å². The van der Waals surface area contributed by atoms with Gasteiger partial charge in [-0.1, -0.05) is 18.2 Å². The summed E-state index contributed by atoms with van der Waals surface area (Å²) in [5, 5.41) is 5.55. The van der Waals surface area contributed by atoms with Crippen molar-refractivity contribution < 1.29 is 0 Å². The van der Waals surface area contributed by atoms with Crippen LogP contribution in [0.3, 0.4) is 0 Å². The molecule has 0 saturated carbocycles. The van der Waals surface area contributed by atoms with Crippen molar-refractivity contribution in [2.75, 3.05) is 5.73 Å². The van der Waals surface area contributed by atoms with Gasteiger partial charge in [-0.05, 0) is 18.6 Å². The molecule has 20 heavy (non-hydrogen) atoms. The summed E-state index contributed by atoms with van der Waals surface area (Å²) in [7, 11) is 1.90. The molecule has 0 radical (unpaired) electrons. The number of aryl methyl sites for hydroxylation is 2. The van der Waals surface area contributed by atoms with Crippen LogP contribution in [0.1, 0.15) is 11.3 Å². The summed E-state index contributed by atoms with van der Waals surface area (Å²) in [5.41, 5.74) is 9.15. The van der Waals surface area contributed by atoms with Crippen molar-refractivity contribution in [2.24, 2.45) is 7.05 Å². The Morgan fingerprint density at radius 1 is 1.30 bits per heavy atom. The summed E-state index contributed by atoms with van der Waals surface area (Å²) in [5.74, 6) is 0. The molecule has 0 aliphatic rings. The van der Waals surface area contributed by atoms with E-state index in [1.54, 1.807) is 16.8 Å². The number of nitrogens with two attached hydrogens (primary N) is 1. The highest BCUT2D eigenvalue weighted by atomic mass is 16.1. The van der Waals surface area contributed by atoms with Gasteiger partial charge in [-0.25, -0.2) is 0 Å². The van der Waals surface area contributed by atoms with Crippen molar-refractivity contribution in [3.05, 3.63) is 58.1 Å². The van der Waals surface area contributed by atoms with E-state index < -0.39 is 0 Å². The van der Waals surface area contributed by atoms with Crippen LogP contribution >= 0.6 is 0 Å². The molecular weight excluding hydrogens is 252 g/mol. The Balaban J connectivity index is 2.10. The van der Waals surface area contributed by atoms with E-state index in [9.17, 15) is 4.79 Å². The van der Waals surface area contributed by atoms with E-state index in [2.05, 4.69) is 5.10 Å². The summed E-state index contributed by atoms with van der Waals surface area (Å²) in [6, 6.07) is 9.53. The second kappa shape index (κ2) is 4.52. The minimum absolute atomic E-state index is 0.0635. The SMILES string of the molecule is Cc1cc(=O)n(Cc2nn(C)c3ccccc23)cc1N. The fraction of sp³-hybridized carbons (Fsp3) is 0.200. The van der Waals surface area contributed by atoms with Crippen LogP contribution in [0.15, 0.2) is 41.3 Å². The number of nitrogens with zero attached hydrogens (tertiary/aromatic N) is 3. The van der Waals surface area contributed by atoms with E-state index >= 15 is 0 Å². The highest BCUT2D eigenvalue weighted by molar-refractivity contribution is 5.81. The molecule has 0 aliphatic heterocycles. The average Bonchev–Trinajstić information content (AvgIpc) is 2.74. The van der Waals surface area contributed by atoms with Gasteiger partial charge >= 0.3 is 0 Å². The van der Waals surface area contributed by atoms with Crippen LogP contribution in [0.25, 0.3) is 10.9 Å². The monoisotopic (exact) mass is 268 g/mol. The lowest BCUT2D eigenvalue weighted by Gasteiger charge is -2.06. The Bertz CT molecular complexity index is 845. The molecule has 5 nitrogen and oxygen atoms in total. The number of hydrogen-bond donors (Lipinski definition) is 1. The zero-order chi connectivity index (χ0) is 14.3. The molecule has 0 spiro atoms. The molecular formula is C15H16N4O. The van der Waals surface area contributed by atoms with Gasteiger partial charge in [-0.3, -0.25) is 9.48 Å². The molecule has 2 heterocycles. The van der Waals surface area contributed by atoms with Crippen LogP contribution in [0.4, 0.5) is 5.69 Å². The topological polar surface area (TPSA) is 65.8 Å². The van der Waals surface area contributed by atoms with Crippen LogP contribution in [0.2, 0.25) is 0 Å². The Labute approximate surface area is 116 Å². The van der Waals surface area contributed by atoms with Crippen molar-refractivity contribution in [1.82, 2.24) is 14.3 Å². The first-order chi connectivity index (χ1) is 9.56. The molecule has 5 heteroatoms. The number of aromatic nitrogens is 3. The van der Waals surface area contributed by atoms with Crippen LogP contribution < -0.4 is 11.3 Å². The minimum atomic E-state index is -0.0635. The van der Waals surface area contributed by atoms with Crippen LogP contribution in [0, 0.1) is 6.92 Å². The third-order valence-corrected chi connectivity index (χ3v) is 3.53. The fourth-order valence-corrected chi connectivity index (χ4v) is 2.38. The minimum Gasteiger partial charge on any atom is -0.397 e. The zero-order valence-electron chi connectivity index (χ0n) is 11.5. The summed E-state index contributed by atoms with van der Waals surface area (Å²) in [6.45, 7) is 2.25. The van der Waals surface area contributed by atoms with Gasteiger partial charge in [0.05, 0.1) is 23.4 Å². The summed E-state index contributed by atoms with van der Waals surface area (Å²) in [4.78, 5) is 12.0. The summed E-state index contributed by atoms with van der Waals surface area (Å²) in [6.07, 6.45) is 1.68. The molecule has 3 aromatic rings. The van der Waals surface area contributed by atoms with Crippen molar-refractivity contribution >= 4 is 16.6 Å². The third kappa shape index (κ3) is 1.97. The molecule has 0 amide bonds. The van der Waals surface area contributed by atoms with E-state index in [-0.39, 0.29) is 5.56 Å². The van der Waals surface area contributed by atoms with E-state index in [0.717, 1.165) is 22.2 Å². The number of anilines is 1. The highest BCUT2D eigenvalue weighted by Crippen LogP contribution is 2.18.